The molecule has 3 aromatic heterocycles. The molecule has 0 bridgehead atoms. The molecule has 0 saturated heterocycles. The van der Waals surface area contributed by atoms with Crippen LogP contribution in [-0.4, -0.2) is 15.0 Å². The zero-order valence-electron chi connectivity index (χ0n) is 9.87. The van der Waals surface area contributed by atoms with E-state index in [1.807, 2.05) is 0 Å². The van der Waals surface area contributed by atoms with E-state index in [4.69, 9.17) is 0 Å². The number of halogens is 4. The van der Waals surface area contributed by atoms with E-state index in [1.165, 1.54) is 18.5 Å². The lowest BCUT2D eigenvalue weighted by Gasteiger charge is -2.02. The maximum Gasteiger partial charge on any atom is 0.431 e. The van der Waals surface area contributed by atoms with Crippen LogP contribution in [0.25, 0.3) is 22.2 Å². The van der Waals surface area contributed by atoms with Crippen molar-refractivity contribution in [2.75, 3.05) is 0 Å². The molecule has 3 heterocycles. The van der Waals surface area contributed by atoms with Crippen LogP contribution in [0.5, 0.6) is 0 Å². The molecule has 0 aliphatic rings. The highest BCUT2D eigenvalue weighted by molar-refractivity contribution is 5.93. The Morgan fingerprint density at radius 1 is 1.05 bits per heavy atom. The topological polar surface area (TPSA) is 41.6 Å². The number of fused-ring (bicyclic) bond motifs is 1. The van der Waals surface area contributed by atoms with Crippen molar-refractivity contribution in [2.24, 2.45) is 0 Å². The minimum Gasteiger partial charge on any atom is -0.336 e. The van der Waals surface area contributed by atoms with E-state index in [-0.39, 0.29) is 5.65 Å². The number of rotatable bonds is 1. The molecule has 0 unspecified atom stereocenters. The predicted octanol–water partition coefficient (Wildman–Crippen LogP) is 3.78. The van der Waals surface area contributed by atoms with Crippen LogP contribution < -0.4 is 0 Å². The summed E-state index contributed by atoms with van der Waals surface area (Å²) in [5.74, 6) is -0.649. The number of nitrogens with one attached hydrogen (secondary N) is 1. The van der Waals surface area contributed by atoms with Gasteiger partial charge in [0.25, 0.3) is 0 Å². The summed E-state index contributed by atoms with van der Waals surface area (Å²) in [6, 6.07) is 5.16. The molecule has 0 aliphatic heterocycles. The minimum absolute atomic E-state index is 0.124. The van der Waals surface area contributed by atoms with E-state index in [0.29, 0.717) is 16.5 Å². The summed E-state index contributed by atoms with van der Waals surface area (Å²) in [5.41, 5.74) is 0.280. The maximum atomic E-state index is 12.8. The van der Waals surface area contributed by atoms with Crippen LogP contribution >= 0.6 is 0 Å². The maximum absolute atomic E-state index is 12.8. The number of H-pyrrole nitrogens is 1. The van der Waals surface area contributed by atoms with Gasteiger partial charge in [0.1, 0.15) is 11.3 Å². The third-order valence-electron chi connectivity index (χ3n) is 2.88. The van der Waals surface area contributed by atoms with Crippen molar-refractivity contribution < 1.29 is 17.6 Å². The largest absolute Gasteiger partial charge is 0.431 e. The molecule has 0 radical (unpaired) electrons. The van der Waals surface area contributed by atoms with Crippen molar-refractivity contribution in [3.63, 3.8) is 0 Å². The number of hydrogen-bond donors (Lipinski definition) is 1. The second-order valence-corrected chi connectivity index (χ2v) is 4.17. The van der Waals surface area contributed by atoms with E-state index in [9.17, 15) is 17.6 Å². The van der Waals surface area contributed by atoms with Gasteiger partial charge in [0, 0.05) is 23.3 Å². The third-order valence-corrected chi connectivity index (χ3v) is 2.88. The van der Waals surface area contributed by atoms with E-state index >= 15 is 0 Å². The smallest absolute Gasteiger partial charge is 0.336 e. The van der Waals surface area contributed by atoms with Crippen molar-refractivity contribution in [1.82, 2.24) is 15.0 Å². The lowest BCUT2D eigenvalue weighted by molar-refractivity contribution is -0.140. The second kappa shape index (κ2) is 4.29. The number of pyridine rings is 2. The summed E-state index contributed by atoms with van der Waals surface area (Å²) < 4.78 is 50.9. The summed E-state index contributed by atoms with van der Waals surface area (Å²) in [7, 11) is 0. The van der Waals surface area contributed by atoms with Crippen LogP contribution in [0.15, 0.2) is 36.7 Å². The van der Waals surface area contributed by atoms with Crippen LogP contribution in [0.4, 0.5) is 17.6 Å². The van der Waals surface area contributed by atoms with E-state index < -0.39 is 17.8 Å². The fourth-order valence-corrected chi connectivity index (χ4v) is 1.97. The third kappa shape index (κ3) is 2.11. The normalized spacial score (nSPS) is 12.0. The van der Waals surface area contributed by atoms with Crippen molar-refractivity contribution in [2.45, 2.75) is 6.18 Å². The Balaban J connectivity index is 2.21. The van der Waals surface area contributed by atoms with Crippen molar-refractivity contribution in [1.29, 1.82) is 0 Å². The van der Waals surface area contributed by atoms with Crippen molar-refractivity contribution >= 4 is 11.0 Å². The molecule has 0 amide bonds. The van der Waals surface area contributed by atoms with Crippen LogP contribution in [0.3, 0.4) is 0 Å². The summed E-state index contributed by atoms with van der Waals surface area (Å²) in [4.78, 5) is 9.59. The molecule has 102 valence electrons. The lowest BCUT2D eigenvalue weighted by Crippen LogP contribution is -2.04. The highest BCUT2D eigenvalue weighted by Crippen LogP contribution is 2.34. The molecule has 0 atom stereocenters. The number of alkyl halides is 3. The standard InChI is InChI=1S/C13H7F4N3/c14-11-2-1-7(6-19-11)8-3-4-18-12-9(8)5-10(20-12)13(15,16)17/h1-6H,(H,18,20). The SMILES string of the molecule is Fc1ccc(-c2ccnc3[nH]c(C(F)(F)F)cc23)cn1. The summed E-state index contributed by atoms with van der Waals surface area (Å²) in [6.07, 6.45) is -1.82. The molecule has 0 spiro atoms. The van der Waals surface area contributed by atoms with Gasteiger partial charge in [-0.2, -0.15) is 17.6 Å². The average molecular weight is 281 g/mol. The van der Waals surface area contributed by atoms with Gasteiger partial charge in [-0.3, -0.25) is 0 Å². The monoisotopic (exact) mass is 281 g/mol. The molecule has 0 aliphatic carbocycles. The zero-order chi connectivity index (χ0) is 14.3. The second-order valence-electron chi connectivity index (χ2n) is 4.17. The lowest BCUT2D eigenvalue weighted by atomic mass is 10.1. The minimum atomic E-state index is -4.47. The van der Waals surface area contributed by atoms with Gasteiger partial charge in [-0.25, -0.2) is 9.97 Å². The van der Waals surface area contributed by atoms with Gasteiger partial charge in [-0.15, -0.1) is 0 Å². The number of aromatic nitrogens is 3. The summed E-state index contributed by atoms with van der Waals surface area (Å²) >= 11 is 0. The van der Waals surface area contributed by atoms with Gasteiger partial charge in [0.05, 0.1) is 0 Å². The molecule has 0 fully saturated rings. The van der Waals surface area contributed by atoms with Gasteiger partial charge in [0.2, 0.25) is 5.95 Å². The number of nitrogens with zero attached hydrogens (tertiary/aromatic N) is 2. The molecule has 20 heavy (non-hydrogen) atoms. The quantitative estimate of drug-likeness (QED) is 0.544. The molecular formula is C13H7F4N3. The Bertz CT molecular complexity index is 759. The van der Waals surface area contributed by atoms with Gasteiger partial charge in [-0.1, -0.05) is 0 Å². The average Bonchev–Trinajstić information content (AvgIpc) is 2.83. The highest BCUT2D eigenvalue weighted by Gasteiger charge is 2.33. The number of aromatic amines is 1. The Morgan fingerprint density at radius 3 is 2.50 bits per heavy atom. The molecular weight excluding hydrogens is 274 g/mol. The van der Waals surface area contributed by atoms with E-state index in [0.717, 1.165) is 12.1 Å². The van der Waals surface area contributed by atoms with Crippen LogP contribution in [0, 0.1) is 5.95 Å². The van der Waals surface area contributed by atoms with Gasteiger partial charge in [0.15, 0.2) is 0 Å². The first kappa shape index (κ1) is 12.6. The highest BCUT2D eigenvalue weighted by atomic mass is 19.4. The van der Waals surface area contributed by atoms with E-state index in [1.54, 1.807) is 6.07 Å². The Morgan fingerprint density at radius 2 is 1.85 bits per heavy atom. The molecule has 7 heteroatoms. The molecule has 0 aromatic carbocycles. The van der Waals surface area contributed by atoms with Crippen molar-refractivity contribution in [3.8, 4) is 11.1 Å². The summed E-state index contributed by atoms with van der Waals surface area (Å²) in [6.45, 7) is 0. The summed E-state index contributed by atoms with van der Waals surface area (Å²) in [5, 5.41) is 0.313. The first-order valence-corrected chi connectivity index (χ1v) is 5.62. The molecule has 3 nitrogen and oxygen atoms in total. The molecule has 0 saturated carbocycles. The first-order valence-electron chi connectivity index (χ1n) is 5.62. The molecule has 3 rings (SSSR count). The van der Waals surface area contributed by atoms with E-state index in [2.05, 4.69) is 15.0 Å². The Labute approximate surface area is 110 Å². The van der Waals surface area contributed by atoms with Crippen LogP contribution in [0.1, 0.15) is 5.69 Å². The fourth-order valence-electron chi connectivity index (χ4n) is 1.97. The number of hydrogen-bond acceptors (Lipinski definition) is 2. The van der Waals surface area contributed by atoms with Gasteiger partial charge in [-0.05, 0) is 29.8 Å². The Kier molecular flexibility index (Phi) is 2.70. The van der Waals surface area contributed by atoms with Crippen LogP contribution in [-0.2, 0) is 6.18 Å². The fraction of sp³-hybridized carbons (Fsp3) is 0.0769. The van der Waals surface area contributed by atoms with Gasteiger partial charge >= 0.3 is 6.18 Å². The van der Waals surface area contributed by atoms with Gasteiger partial charge < -0.3 is 4.98 Å². The Hall–Kier alpha value is -2.44. The van der Waals surface area contributed by atoms with Crippen molar-refractivity contribution in [3.05, 3.63) is 48.3 Å². The predicted molar refractivity (Wildman–Crippen MR) is 64.3 cm³/mol. The first-order chi connectivity index (χ1) is 9.45. The molecule has 3 aromatic rings. The molecule has 1 N–H and O–H groups in total. The van der Waals surface area contributed by atoms with Crippen LogP contribution in [0.2, 0.25) is 0 Å². The zero-order valence-corrected chi connectivity index (χ0v) is 9.87.